The highest BCUT2D eigenvalue weighted by molar-refractivity contribution is 5.88. The molecule has 0 amide bonds. The summed E-state index contributed by atoms with van der Waals surface area (Å²) < 4.78 is 0. The third-order valence-corrected chi connectivity index (χ3v) is 3.04. The van der Waals surface area contributed by atoms with Crippen LogP contribution in [0.1, 0.15) is 45.4 Å². The highest BCUT2D eigenvalue weighted by Gasteiger charge is 2.35. The zero-order valence-corrected chi connectivity index (χ0v) is 8.15. The van der Waals surface area contributed by atoms with Crippen LogP contribution in [-0.2, 0) is 4.79 Å². The van der Waals surface area contributed by atoms with E-state index in [1.54, 1.807) is 0 Å². The normalized spacial score (nSPS) is 22.2. The van der Waals surface area contributed by atoms with E-state index in [4.69, 9.17) is 0 Å². The van der Waals surface area contributed by atoms with Gasteiger partial charge in [-0.1, -0.05) is 26.2 Å². The fraction of sp³-hybridized carbons (Fsp3) is 0.900. The van der Waals surface area contributed by atoms with Crippen LogP contribution in [0.4, 0.5) is 0 Å². The predicted molar refractivity (Wildman–Crippen MR) is 50.2 cm³/mol. The second-order valence-corrected chi connectivity index (χ2v) is 3.67. The van der Waals surface area contributed by atoms with Crippen LogP contribution >= 0.6 is 0 Å². The minimum Gasteiger partial charge on any atom is -0.308 e. The number of carbonyl (C=O) groups excluding carboxylic acids is 1. The van der Waals surface area contributed by atoms with Crippen LogP contribution < -0.4 is 5.32 Å². The first-order valence-corrected chi connectivity index (χ1v) is 4.97. The lowest BCUT2D eigenvalue weighted by Crippen LogP contribution is -2.51. The van der Waals surface area contributed by atoms with E-state index in [1.807, 2.05) is 14.0 Å². The molecule has 0 unspecified atom stereocenters. The van der Waals surface area contributed by atoms with Gasteiger partial charge in [0.1, 0.15) is 0 Å². The maximum absolute atomic E-state index is 11.7. The van der Waals surface area contributed by atoms with Gasteiger partial charge < -0.3 is 5.32 Å². The molecule has 0 aromatic rings. The number of ketones is 1. The van der Waals surface area contributed by atoms with Crippen molar-refractivity contribution in [1.29, 1.82) is 0 Å². The molecule has 0 spiro atoms. The first-order valence-electron chi connectivity index (χ1n) is 4.97. The van der Waals surface area contributed by atoms with Gasteiger partial charge in [0, 0.05) is 6.42 Å². The van der Waals surface area contributed by atoms with Gasteiger partial charge in [-0.2, -0.15) is 0 Å². The fourth-order valence-electron chi connectivity index (χ4n) is 2.16. The van der Waals surface area contributed by atoms with Crippen molar-refractivity contribution in [1.82, 2.24) is 5.32 Å². The minimum absolute atomic E-state index is 0.160. The second-order valence-electron chi connectivity index (χ2n) is 3.67. The van der Waals surface area contributed by atoms with Gasteiger partial charge in [-0.15, -0.1) is 0 Å². The minimum atomic E-state index is -0.160. The molecule has 1 aliphatic carbocycles. The number of rotatable bonds is 3. The molecule has 1 fully saturated rings. The summed E-state index contributed by atoms with van der Waals surface area (Å²) in [6.45, 7) is 1.95. The monoisotopic (exact) mass is 169 g/mol. The van der Waals surface area contributed by atoms with Crippen LogP contribution in [0.15, 0.2) is 0 Å². The molecule has 1 rings (SSSR count). The lowest BCUT2D eigenvalue weighted by Gasteiger charge is -2.35. The van der Waals surface area contributed by atoms with E-state index in [0.717, 1.165) is 12.8 Å². The Balaban J connectivity index is 2.66. The SMILES string of the molecule is CCC(=O)C1(NC)CCCCC1. The molecule has 0 saturated heterocycles. The van der Waals surface area contributed by atoms with Gasteiger partial charge in [-0.3, -0.25) is 4.79 Å². The molecule has 2 heteroatoms. The molecule has 0 heterocycles. The van der Waals surface area contributed by atoms with Gasteiger partial charge in [-0.05, 0) is 19.9 Å². The van der Waals surface area contributed by atoms with E-state index in [0.29, 0.717) is 12.2 Å². The molecule has 1 aliphatic rings. The molecule has 0 aliphatic heterocycles. The molecule has 0 aromatic heterocycles. The molecule has 0 aromatic carbocycles. The zero-order chi connectivity index (χ0) is 9.03. The maximum Gasteiger partial charge on any atom is 0.152 e. The quantitative estimate of drug-likeness (QED) is 0.699. The molecule has 0 atom stereocenters. The molecular weight excluding hydrogens is 150 g/mol. The summed E-state index contributed by atoms with van der Waals surface area (Å²) in [5.74, 6) is 0.393. The van der Waals surface area contributed by atoms with Crippen LogP contribution in [0.3, 0.4) is 0 Å². The second kappa shape index (κ2) is 4.04. The van der Waals surface area contributed by atoms with Crippen molar-refractivity contribution >= 4 is 5.78 Å². The van der Waals surface area contributed by atoms with Crippen LogP contribution in [0.2, 0.25) is 0 Å². The molecule has 70 valence electrons. The van der Waals surface area contributed by atoms with Gasteiger partial charge in [-0.25, -0.2) is 0 Å². The van der Waals surface area contributed by atoms with Crippen molar-refractivity contribution < 1.29 is 4.79 Å². The molecule has 12 heavy (non-hydrogen) atoms. The van der Waals surface area contributed by atoms with Crippen molar-refractivity contribution in [2.75, 3.05) is 7.05 Å². The number of likely N-dealkylation sites (N-methyl/N-ethyl adjacent to an activating group) is 1. The Kier molecular flexibility index (Phi) is 3.27. The number of hydrogen-bond donors (Lipinski definition) is 1. The first kappa shape index (κ1) is 9.72. The Bertz CT molecular complexity index is 159. The maximum atomic E-state index is 11.7. The van der Waals surface area contributed by atoms with Gasteiger partial charge >= 0.3 is 0 Å². The summed E-state index contributed by atoms with van der Waals surface area (Å²) in [5, 5.41) is 3.22. The van der Waals surface area contributed by atoms with Crippen molar-refractivity contribution in [3.63, 3.8) is 0 Å². The van der Waals surface area contributed by atoms with Crippen LogP contribution in [0.25, 0.3) is 0 Å². The Labute approximate surface area is 74.7 Å². The molecular formula is C10H19NO. The molecule has 2 nitrogen and oxygen atoms in total. The van der Waals surface area contributed by atoms with E-state index < -0.39 is 0 Å². The predicted octanol–water partition coefficient (Wildman–Crippen LogP) is 1.89. The summed E-state index contributed by atoms with van der Waals surface area (Å²) in [6.07, 6.45) is 6.44. The fourth-order valence-corrected chi connectivity index (χ4v) is 2.16. The third-order valence-electron chi connectivity index (χ3n) is 3.04. The molecule has 0 bridgehead atoms. The molecule has 1 saturated carbocycles. The molecule has 1 N–H and O–H groups in total. The van der Waals surface area contributed by atoms with Crippen molar-refractivity contribution in [2.24, 2.45) is 0 Å². The smallest absolute Gasteiger partial charge is 0.152 e. The Morgan fingerprint density at radius 2 is 1.92 bits per heavy atom. The first-order chi connectivity index (χ1) is 5.75. The van der Waals surface area contributed by atoms with Gasteiger partial charge in [0.05, 0.1) is 5.54 Å². The van der Waals surface area contributed by atoms with Gasteiger partial charge in [0.15, 0.2) is 5.78 Å². The van der Waals surface area contributed by atoms with Crippen molar-refractivity contribution in [2.45, 2.75) is 51.0 Å². The average Bonchev–Trinajstić information content (AvgIpc) is 2.17. The van der Waals surface area contributed by atoms with Crippen molar-refractivity contribution in [3.8, 4) is 0 Å². The zero-order valence-electron chi connectivity index (χ0n) is 8.15. The standard InChI is InChI=1S/C10H19NO/c1-3-9(12)10(11-2)7-5-4-6-8-10/h11H,3-8H2,1-2H3. The molecule has 0 radical (unpaired) electrons. The van der Waals surface area contributed by atoms with Crippen LogP contribution in [0.5, 0.6) is 0 Å². The Morgan fingerprint density at radius 1 is 1.33 bits per heavy atom. The summed E-state index contributed by atoms with van der Waals surface area (Å²) in [6, 6.07) is 0. The highest BCUT2D eigenvalue weighted by atomic mass is 16.1. The largest absolute Gasteiger partial charge is 0.308 e. The highest BCUT2D eigenvalue weighted by Crippen LogP contribution is 2.29. The number of carbonyl (C=O) groups is 1. The average molecular weight is 169 g/mol. The summed E-state index contributed by atoms with van der Waals surface area (Å²) >= 11 is 0. The van der Waals surface area contributed by atoms with E-state index in [-0.39, 0.29) is 5.54 Å². The van der Waals surface area contributed by atoms with E-state index in [1.165, 1.54) is 19.3 Å². The lowest BCUT2D eigenvalue weighted by atomic mass is 9.78. The summed E-state index contributed by atoms with van der Waals surface area (Å²) in [4.78, 5) is 11.7. The summed E-state index contributed by atoms with van der Waals surface area (Å²) in [7, 11) is 1.92. The number of nitrogens with one attached hydrogen (secondary N) is 1. The Morgan fingerprint density at radius 3 is 2.33 bits per heavy atom. The Hall–Kier alpha value is -0.370. The van der Waals surface area contributed by atoms with E-state index in [2.05, 4.69) is 5.32 Å². The topological polar surface area (TPSA) is 29.1 Å². The number of hydrogen-bond acceptors (Lipinski definition) is 2. The van der Waals surface area contributed by atoms with E-state index >= 15 is 0 Å². The lowest BCUT2D eigenvalue weighted by molar-refractivity contribution is -0.126. The van der Waals surface area contributed by atoms with Crippen LogP contribution in [0, 0.1) is 0 Å². The number of Topliss-reactive ketones (excluding diaryl/α,β-unsaturated/α-hetero) is 1. The third kappa shape index (κ3) is 1.69. The summed E-state index contributed by atoms with van der Waals surface area (Å²) in [5.41, 5.74) is -0.160. The van der Waals surface area contributed by atoms with Crippen LogP contribution in [-0.4, -0.2) is 18.4 Å². The van der Waals surface area contributed by atoms with E-state index in [9.17, 15) is 4.79 Å². The van der Waals surface area contributed by atoms with Gasteiger partial charge in [0.2, 0.25) is 0 Å². The van der Waals surface area contributed by atoms with Crippen molar-refractivity contribution in [3.05, 3.63) is 0 Å². The van der Waals surface area contributed by atoms with Gasteiger partial charge in [0.25, 0.3) is 0 Å².